The van der Waals surface area contributed by atoms with Gasteiger partial charge in [-0.1, -0.05) is 13.3 Å². The van der Waals surface area contributed by atoms with Crippen LogP contribution < -0.4 is 0 Å². The van der Waals surface area contributed by atoms with E-state index in [0.29, 0.717) is 19.3 Å². The molecule has 4 aliphatic rings. The fourth-order valence-electron chi connectivity index (χ4n) is 6.48. The van der Waals surface area contributed by atoms with Gasteiger partial charge in [0.25, 0.3) is 6.29 Å². The van der Waals surface area contributed by atoms with Crippen molar-refractivity contribution in [2.24, 2.45) is 22.7 Å². The molecule has 4 rings (SSSR count). The minimum atomic E-state index is -1.37. The molecule has 0 unspecified atom stereocenters. The van der Waals surface area contributed by atoms with Crippen molar-refractivity contribution in [1.29, 1.82) is 0 Å². The van der Waals surface area contributed by atoms with Crippen molar-refractivity contribution in [2.75, 3.05) is 13.2 Å². The number of fused-ring (bicyclic) bond motifs is 3. The van der Waals surface area contributed by atoms with Crippen molar-refractivity contribution in [3.05, 3.63) is 0 Å². The lowest BCUT2D eigenvalue weighted by molar-refractivity contribution is -0.247. The van der Waals surface area contributed by atoms with Crippen molar-refractivity contribution in [3.63, 3.8) is 0 Å². The molecule has 32 heavy (non-hydrogen) atoms. The zero-order valence-electron chi connectivity index (χ0n) is 18.6. The van der Waals surface area contributed by atoms with Gasteiger partial charge in [-0.3, -0.25) is 24.0 Å². The summed E-state index contributed by atoms with van der Waals surface area (Å²) in [5.41, 5.74) is -3.42. The lowest BCUT2D eigenvalue weighted by atomic mass is 9.42. The second-order valence-electron chi connectivity index (χ2n) is 9.38. The van der Waals surface area contributed by atoms with Crippen molar-refractivity contribution in [2.45, 2.75) is 71.4 Å². The van der Waals surface area contributed by atoms with E-state index in [1.807, 2.05) is 0 Å². The Morgan fingerprint density at radius 3 is 2.28 bits per heavy atom. The van der Waals surface area contributed by atoms with Crippen LogP contribution in [0.15, 0.2) is 0 Å². The molecule has 2 aliphatic carbocycles. The number of hydrogen-bond donors (Lipinski definition) is 0. The molecule has 2 aliphatic heterocycles. The highest BCUT2D eigenvalue weighted by atomic mass is 16.7. The van der Waals surface area contributed by atoms with Crippen molar-refractivity contribution in [1.82, 2.24) is 0 Å². The normalized spacial score (nSPS) is 42.2. The molecule has 0 amide bonds. The summed E-state index contributed by atoms with van der Waals surface area (Å²) in [5, 5.41) is 0. The molecule has 0 bridgehead atoms. The molecule has 7 atom stereocenters. The third-order valence-electron chi connectivity index (χ3n) is 7.82. The van der Waals surface area contributed by atoms with Gasteiger partial charge in [0, 0.05) is 26.7 Å². The van der Waals surface area contributed by atoms with Crippen molar-refractivity contribution in [3.8, 4) is 0 Å². The van der Waals surface area contributed by atoms with E-state index >= 15 is 0 Å². The van der Waals surface area contributed by atoms with Gasteiger partial charge in [-0.05, 0) is 18.8 Å². The maximum atomic E-state index is 14.1. The highest BCUT2D eigenvalue weighted by Crippen LogP contribution is 2.69. The topological polar surface area (TPSA) is 135 Å². The van der Waals surface area contributed by atoms with E-state index < -0.39 is 70.3 Å². The van der Waals surface area contributed by atoms with Crippen LogP contribution in [-0.4, -0.2) is 60.9 Å². The number of hydrogen-bond acceptors (Lipinski definition) is 10. The summed E-state index contributed by atoms with van der Waals surface area (Å²) in [6, 6.07) is 0. The summed E-state index contributed by atoms with van der Waals surface area (Å²) >= 11 is 0. The van der Waals surface area contributed by atoms with E-state index in [-0.39, 0.29) is 19.6 Å². The van der Waals surface area contributed by atoms with Gasteiger partial charge in [0.05, 0.1) is 18.4 Å². The molecule has 2 saturated carbocycles. The van der Waals surface area contributed by atoms with Gasteiger partial charge in [-0.15, -0.1) is 0 Å². The smallest absolute Gasteiger partial charge is 0.309 e. The quantitative estimate of drug-likeness (QED) is 0.346. The molecule has 0 N–H and O–H groups in total. The Kier molecular flexibility index (Phi) is 5.34. The van der Waals surface area contributed by atoms with Crippen LogP contribution in [0, 0.1) is 22.7 Å². The summed E-state index contributed by atoms with van der Waals surface area (Å²) in [4.78, 5) is 62.3. The van der Waals surface area contributed by atoms with E-state index in [9.17, 15) is 24.0 Å². The van der Waals surface area contributed by atoms with Crippen LogP contribution in [0.3, 0.4) is 0 Å². The standard InChI is InChI=1S/C22H28O10/c1-11-17(30-13(3)24)18(27)22(10-28-12(2)23)15(6-5-7-20(22)9-29-20)21(11)8-16(26)32-19(21)31-14(4)25/h11,15,17,19H,5-10H2,1-4H3/t11-,15-,17+,19-,20+,21-,22+/m1/s1. The second-order valence-corrected chi connectivity index (χ2v) is 9.38. The Balaban J connectivity index is 1.92. The van der Waals surface area contributed by atoms with Gasteiger partial charge in [-0.2, -0.15) is 0 Å². The van der Waals surface area contributed by atoms with E-state index in [0.717, 1.165) is 0 Å². The van der Waals surface area contributed by atoms with Crippen LogP contribution in [0.25, 0.3) is 0 Å². The molecule has 0 radical (unpaired) electrons. The van der Waals surface area contributed by atoms with Gasteiger partial charge < -0.3 is 23.7 Å². The molecule has 10 nitrogen and oxygen atoms in total. The molecule has 10 heteroatoms. The van der Waals surface area contributed by atoms with E-state index in [1.54, 1.807) is 6.92 Å². The third kappa shape index (κ3) is 3.06. The fraction of sp³-hybridized carbons (Fsp3) is 0.773. The summed E-state index contributed by atoms with van der Waals surface area (Å²) in [5.74, 6) is -4.10. The summed E-state index contributed by atoms with van der Waals surface area (Å²) in [6.07, 6.45) is -0.868. The zero-order chi connectivity index (χ0) is 23.5. The number of rotatable bonds is 4. The molecular weight excluding hydrogens is 424 g/mol. The molecule has 176 valence electrons. The maximum Gasteiger partial charge on any atom is 0.309 e. The molecule has 2 saturated heterocycles. The number of epoxide rings is 1. The van der Waals surface area contributed by atoms with E-state index in [4.69, 9.17) is 23.7 Å². The number of carbonyl (C=O) groups is 5. The first-order valence-corrected chi connectivity index (χ1v) is 10.9. The van der Waals surface area contributed by atoms with E-state index in [2.05, 4.69) is 0 Å². The highest BCUT2D eigenvalue weighted by Gasteiger charge is 2.80. The predicted molar refractivity (Wildman–Crippen MR) is 104 cm³/mol. The number of cyclic esters (lactones) is 1. The van der Waals surface area contributed by atoms with Crippen LogP contribution in [0.1, 0.15) is 53.4 Å². The Morgan fingerprint density at radius 2 is 1.72 bits per heavy atom. The van der Waals surface area contributed by atoms with Crippen LogP contribution in [0.2, 0.25) is 0 Å². The van der Waals surface area contributed by atoms with Gasteiger partial charge in [0.1, 0.15) is 17.6 Å². The largest absolute Gasteiger partial charge is 0.465 e. The first-order valence-electron chi connectivity index (χ1n) is 10.9. The zero-order valence-corrected chi connectivity index (χ0v) is 18.6. The van der Waals surface area contributed by atoms with E-state index in [1.165, 1.54) is 20.8 Å². The Morgan fingerprint density at radius 1 is 1.06 bits per heavy atom. The number of esters is 4. The summed E-state index contributed by atoms with van der Waals surface area (Å²) in [6.45, 7) is 5.35. The fourth-order valence-corrected chi connectivity index (χ4v) is 6.48. The molecular formula is C22H28O10. The number of Topliss-reactive ketones (excluding diaryl/α,β-unsaturated/α-hetero) is 1. The highest BCUT2D eigenvalue weighted by molar-refractivity contribution is 5.95. The van der Waals surface area contributed by atoms with Crippen molar-refractivity contribution < 1.29 is 47.7 Å². The number of carbonyl (C=O) groups excluding carboxylic acids is 5. The third-order valence-corrected chi connectivity index (χ3v) is 7.82. The van der Waals surface area contributed by atoms with Crippen LogP contribution >= 0.6 is 0 Å². The maximum absolute atomic E-state index is 14.1. The van der Waals surface area contributed by atoms with Gasteiger partial charge in [0.2, 0.25) is 0 Å². The minimum absolute atomic E-state index is 0.125. The Bertz CT molecular complexity index is 876. The van der Waals surface area contributed by atoms with Gasteiger partial charge in [0.15, 0.2) is 11.9 Å². The average molecular weight is 452 g/mol. The van der Waals surface area contributed by atoms with Gasteiger partial charge >= 0.3 is 23.9 Å². The molecule has 0 aromatic carbocycles. The Hall–Kier alpha value is -2.49. The molecule has 0 aromatic heterocycles. The SMILES string of the molecule is CC(=O)OC[C@@]12C(=O)[C@@H](OC(C)=O)[C@@H](C)[C@]3(CC(=O)O[C@H]3OC(C)=O)[C@H]1CCC[C@]21CO1. The van der Waals surface area contributed by atoms with Crippen LogP contribution in [-0.2, 0) is 47.7 Å². The number of ketones is 1. The lowest BCUT2D eigenvalue weighted by Crippen LogP contribution is -2.71. The Labute approximate surface area is 185 Å². The summed E-state index contributed by atoms with van der Waals surface area (Å²) < 4.78 is 27.7. The molecule has 2 heterocycles. The van der Waals surface area contributed by atoms with Crippen LogP contribution in [0.4, 0.5) is 0 Å². The van der Waals surface area contributed by atoms with Gasteiger partial charge in [-0.25, -0.2) is 0 Å². The van der Waals surface area contributed by atoms with Crippen LogP contribution in [0.5, 0.6) is 0 Å². The molecule has 0 aromatic rings. The molecule has 4 fully saturated rings. The average Bonchev–Trinajstić information content (AvgIpc) is 3.39. The number of ether oxygens (including phenoxy) is 5. The summed E-state index contributed by atoms with van der Waals surface area (Å²) in [7, 11) is 0. The second kappa shape index (κ2) is 7.54. The first-order chi connectivity index (χ1) is 15.0. The lowest BCUT2D eigenvalue weighted by Gasteiger charge is -2.60. The first kappa shape index (κ1) is 22.7. The monoisotopic (exact) mass is 452 g/mol. The predicted octanol–water partition coefficient (Wildman–Crippen LogP) is 1.08. The minimum Gasteiger partial charge on any atom is -0.465 e. The molecule has 2 spiro atoms. The van der Waals surface area contributed by atoms with Crippen molar-refractivity contribution >= 4 is 29.7 Å².